The van der Waals surface area contributed by atoms with Crippen LogP contribution in [0, 0.1) is 6.92 Å². The van der Waals surface area contributed by atoms with Gasteiger partial charge in [0.15, 0.2) is 5.89 Å². The van der Waals surface area contributed by atoms with E-state index in [9.17, 15) is 0 Å². The highest BCUT2D eigenvalue weighted by Gasteiger charge is 2.07. The van der Waals surface area contributed by atoms with E-state index in [0.29, 0.717) is 5.89 Å². The van der Waals surface area contributed by atoms with E-state index in [0.717, 1.165) is 35.4 Å². The van der Waals surface area contributed by atoms with Gasteiger partial charge in [-0.1, -0.05) is 6.07 Å². The maximum atomic E-state index is 5.19. The number of aromatic nitrogens is 3. The Kier molecular flexibility index (Phi) is 3.00. The lowest BCUT2D eigenvalue weighted by Crippen LogP contribution is -2.17. The van der Waals surface area contributed by atoms with Crippen molar-refractivity contribution in [3.8, 4) is 0 Å². The summed E-state index contributed by atoms with van der Waals surface area (Å²) < 4.78 is 9.88. The smallest absolute Gasteiger partial charge is 0.191 e. The summed E-state index contributed by atoms with van der Waals surface area (Å²) in [5.74, 6) is 0.693. The van der Waals surface area contributed by atoms with E-state index in [-0.39, 0.29) is 0 Å². The lowest BCUT2D eigenvalue weighted by molar-refractivity contribution is 0.313. The number of aryl methyl sites for hydroxylation is 1. The van der Waals surface area contributed by atoms with Crippen molar-refractivity contribution in [3.05, 3.63) is 41.6 Å². The van der Waals surface area contributed by atoms with E-state index in [4.69, 9.17) is 4.42 Å². The lowest BCUT2D eigenvalue weighted by atomic mass is 10.2. The molecular formula is C13H14N4O2. The van der Waals surface area contributed by atoms with Crippen molar-refractivity contribution in [3.63, 3.8) is 0 Å². The van der Waals surface area contributed by atoms with Crippen LogP contribution in [0.1, 0.15) is 17.1 Å². The summed E-state index contributed by atoms with van der Waals surface area (Å²) in [4.78, 5) is 6.45. The summed E-state index contributed by atoms with van der Waals surface area (Å²) in [5, 5.41) is 7.63. The van der Waals surface area contributed by atoms with Crippen LogP contribution in [-0.4, -0.2) is 27.2 Å². The number of benzene rings is 1. The van der Waals surface area contributed by atoms with Gasteiger partial charge >= 0.3 is 0 Å². The third kappa shape index (κ3) is 2.63. The van der Waals surface area contributed by atoms with Gasteiger partial charge in [0.2, 0.25) is 0 Å². The number of rotatable bonds is 4. The van der Waals surface area contributed by atoms with Gasteiger partial charge < -0.3 is 4.42 Å². The minimum atomic E-state index is 0.693. The summed E-state index contributed by atoms with van der Waals surface area (Å²) in [6.45, 7) is 3.39. The Morgan fingerprint density at radius 1 is 1.16 bits per heavy atom. The van der Waals surface area contributed by atoms with Crippen LogP contribution in [0.5, 0.6) is 0 Å². The molecule has 3 rings (SSSR count). The number of hydrogen-bond donors (Lipinski definition) is 0. The van der Waals surface area contributed by atoms with Crippen LogP contribution in [0.4, 0.5) is 0 Å². The van der Waals surface area contributed by atoms with E-state index in [1.165, 1.54) is 0 Å². The molecule has 0 radical (unpaired) electrons. The topological polar surface area (TPSA) is 68.2 Å². The fraction of sp³-hybridized carbons (Fsp3) is 0.308. The van der Waals surface area contributed by atoms with Gasteiger partial charge in [-0.25, -0.2) is 9.61 Å². The van der Waals surface area contributed by atoms with E-state index >= 15 is 0 Å². The Balaban J connectivity index is 1.69. The first-order valence-corrected chi connectivity index (χ1v) is 6.01. The zero-order valence-electron chi connectivity index (χ0n) is 10.8. The molecule has 0 spiro atoms. The predicted octanol–water partition coefficient (Wildman–Crippen LogP) is 2.15. The molecule has 3 aromatic rings. The average molecular weight is 258 g/mol. The van der Waals surface area contributed by atoms with Crippen LogP contribution in [0.2, 0.25) is 0 Å². The minimum Gasteiger partial charge on any atom is -0.449 e. The summed E-state index contributed by atoms with van der Waals surface area (Å²) in [6.07, 6.45) is 1.69. The molecule has 0 saturated carbocycles. The molecule has 1 aromatic carbocycles. The highest BCUT2D eigenvalue weighted by Crippen LogP contribution is 2.14. The van der Waals surface area contributed by atoms with Crippen LogP contribution in [0.3, 0.4) is 0 Å². The number of nitrogens with zero attached hydrogens (tertiary/aromatic N) is 4. The molecule has 0 bridgehead atoms. The Labute approximate surface area is 110 Å². The standard InChI is InChI=1S/C13H14N4O2/c1-9-14-11(8-18-9)7-17(2)6-10-3-4-12-13(5-10)16-19-15-12/h3-5,8H,6-7H2,1-2H3. The van der Waals surface area contributed by atoms with Crippen molar-refractivity contribution in [2.24, 2.45) is 0 Å². The lowest BCUT2D eigenvalue weighted by Gasteiger charge is -2.14. The van der Waals surface area contributed by atoms with Gasteiger partial charge in [-0.15, -0.1) is 0 Å². The number of fused-ring (bicyclic) bond motifs is 1. The Morgan fingerprint density at radius 3 is 2.79 bits per heavy atom. The van der Waals surface area contributed by atoms with E-state index in [1.807, 2.05) is 32.2 Å². The van der Waals surface area contributed by atoms with Crippen molar-refractivity contribution < 1.29 is 9.05 Å². The predicted molar refractivity (Wildman–Crippen MR) is 68.2 cm³/mol. The normalized spacial score (nSPS) is 11.5. The van der Waals surface area contributed by atoms with E-state index < -0.39 is 0 Å². The van der Waals surface area contributed by atoms with Crippen molar-refractivity contribution in [2.75, 3.05) is 7.05 Å². The summed E-state index contributed by atoms with van der Waals surface area (Å²) >= 11 is 0. The third-order valence-electron chi connectivity index (χ3n) is 2.87. The van der Waals surface area contributed by atoms with Crippen LogP contribution < -0.4 is 0 Å². The molecule has 0 aliphatic rings. The molecule has 0 saturated heterocycles. The molecule has 6 nitrogen and oxygen atoms in total. The monoisotopic (exact) mass is 258 g/mol. The van der Waals surface area contributed by atoms with Gasteiger partial charge in [-0.2, -0.15) is 0 Å². The minimum absolute atomic E-state index is 0.693. The third-order valence-corrected chi connectivity index (χ3v) is 2.87. The van der Waals surface area contributed by atoms with E-state index in [1.54, 1.807) is 6.26 Å². The van der Waals surface area contributed by atoms with Crippen LogP contribution in [0.15, 0.2) is 33.5 Å². The molecule has 0 amide bonds. The Hall–Kier alpha value is -2.21. The van der Waals surface area contributed by atoms with Crippen LogP contribution in [0.25, 0.3) is 11.0 Å². The van der Waals surface area contributed by atoms with Crippen molar-refractivity contribution in [1.29, 1.82) is 0 Å². The Morgan fingerprint density at radius 2 is 2.00 bits per heavy atom. The van der Waals surface area contributed by atoms with Crippen LogP contribution >= 0.6 is 0 Å². The molecular weight excluding hydrogens is 244 g/mol. The van der Waals surface area contributed by atoms with E-state index in [2.05, 4.69) is 24.8 Å². The molecule has 2 aromatic heterocycles. The second-order valence-electron chi connectivity index (χ2n) is 4.62. The zero-order valence-corrected chi connectivity index (χ0v) is 10.8. The molecule has 0 unspecified atom stereocenters. The van der Waals surface area contributed by atoms with Crippen LogP contribution in [-0.2, 0) is 13.1 Å². The fourth-order valence-corrected chi connectivity index (χ4v) is 2.05. The van der Waals surface area contributed by atoms with Crippen molar-refractivity contribution in [2.45, 2.75) is 20.0 Å². The van der Waals surface area contributed by atoms with Crippen molar-refractivity contribution >= 4 is 11.0 Å². The second-order valence-corrected chi connectivity index (χ2v) is 4.62. The molecule has 19 heavy (non-hydrogen) atoms. The number of hydrogen-bond acceptors (Lipinski definition) is 6. The molecule has 2 heterocycles. The number of oxazole rings is 1. The van der Waals surface area contributed by atoms with Gasteiger partial charge in [0, 0.05) is 20.0 Å². The maximum Gasteiger partial charge on any atom is 0.191 e. The first kappa shape index (κ1) is 11.9. The fourth-order valence-electron chi connectivity index (χ4n) is 2.05. The largest absolute Gasteiger partial charge is 0.449 e. The molecule has 0 atom stereocenters. The molecule has 6 heteroatoms. The van der Waals surface area contributed by atoms with Gasteiger partial charge in [0.05, 0.1) is 5.69 Å². The summed E-state index contributed by atoms with van der Waals surface area (Å²) in [7, 11) is 2.04. The SMILES string of the molecule is Cc1nc(CN(C)Cc2ccc3nonc3c2)co1. The summed E-state index contributed by atoms with van der Waals surface area (Å²) in [5.41, 5.74) is 3.65. The van der Waals surface area contributed by atoms with Crippen molar-refractivity contribution in [1.82, 2.24) is 20.2 Å². The quantitative estimate of drug-likeness (QED) is 0.714. The molecule has 0 fully saturated rings. The Bertz CT molecular complexity index is 689. The first-order valence-electron chi connectivity index (χ1n) is 6.01. The maximum absolute atomic E-state index is 5.19. The molecule has 0 N–H and O–H groups in total. The molecule has 0 aliphatic heterocycles. The van der Waals surface area contributed by atoms with Gasteiger partial charge in [-0.05, 0) is 35.1 Å². The molecule has 0 aliphatic carbocycles. The zero-order chi connectivity index (χ0) is 13.2. The first-order chi connectivity index (χ1) is 9.20. The van der Waals surface area contributed by atoms with Gasteiger partial charge in [0.1, 0.15) is 17.3 Å². The second kappa shape index (κ2) is 4.81. The molecule has 98 valence electrons. The van der Waals surface area contributed by atoms with Gasteiger partial charge in [0.25, 0.3) is 0 Å². The summed E-state index contributed by atoms with van der Waals surface area (Å²) in [6, 6.07) is 5.92. The van der Waals surface area contributed by atoms with Gasteiger partial charge in [-0.3, -0.25) is 4.90 Å². The average Bonchev–Trinajstić information content (AvgIpc) is 2.97. The highest BCUT2D eigenvalue weighted by atomic mass is 16.6. The highest BCUT2D eigenvalue weighted by molar-refractivity contribution is 5.73.